The maximum absolute atomic E-state index is 8.88. The number of hydrogen-bond donors (Lipinski definition) is 0. The van der Waals surface area contributed by atoms with Crippen molar-refractivity contribution in [1.82, 2.24) is 15.0 Å². The Balaban J connectivity index is 2.02. The lowest BCUT2D eigenvalue weighted by Gasteiger charge is -2.17. The normalized spacial score (nSPS) is 10.4. The number of nitrogens with zero attached hydrogens (tertiary/aromatic N) is 5. The smallest absolute Gasteiger partial charge is 0.192 e. The predicted octanol–water partition coefficient (Wildman–Crippen LogP) is 2.57. The molecule has 0 N–H and O–H groups in total. The minimum Gasteiger partial charge on any atom is -0.441 e. The second-order valence-electron chi connectivity index (χ2n) is 4.32. The monoisotopic (exact) mass is 265 g/mol. The van der Waals surface area contributed by atoms with E-state index in [2.05, 4.69) is 15.0 Å². The number of aromatic nitrogens is 3. The molecule has 0 spiro atoms. The molecule has 2 aromatic heterocycles. The van der Waals surface area contributed by atoms with Gasteiger partial charge in [0.2, 0.25) is 0 Å². The largest absolute Gasteiger partial charge is 0.441 e. The SMILES string of the molecule is Cc1nc2cc(N(C)c3cc(C#N)ncn3)ccc2o1. The molecule has 98 valence electrons. The third-order valence-electron chi connectivity index (χ3n) is 2.98. The molecular weight excluding hydrogens is 254 g/mol. The number of anilines is 2. The minimum atomic E-state index is 0.334. The van der Waals surface area contributed by atoms with Crippen LogP contribution in [0.4, 0.5) is 11.5 Å². The van der Waals surface area contributed by atoms with E-state index in [1.165, 1.54) is 6.33 Å². The van der Waals surface area contributed by atoms with Gasteiger partial charge in [0.05, 0.1) is 0 Å². The Bertz CT molecular complexity index is 818. The van der Waals surface area contributed by atoms with Crippen LogP contribution >= 0.6 is 0 Å². The quantitative estimate of drug-likeness (QED) is 0.708. The van der Waals surface area contributed by atoms with Crippen molar-refractivity contribution >= 4 is 22.6 Å². The Morgan fingerprint density at radius 2 is 2.10 bits per heavy atom. The topological polar surface area (TPSA) is 78.8 Å². The first-order chi connectivity index (χ1) is 9.67. The zero-order chi connectivity index (χ0) is 14.1. The summed E-state index contributed by atoms with van der Waals surface area (Å²) >= 11 is 0. The van der Waals surface area contributed by atoms with Crippen LogP contribution in [0.1, 0.15) is 11.6 Å². The van der Waals surface area contributed by atoms with Crippen molar-refractivity contribution in [2.45, 2.75) is 6.92 Å². The molecule has 3 aromatic rings. The molecule has 0 saturated carbocycles. The van der Waals surface area contributed by atoms with Crippen LogP contribution in [-0.4, -0.2) is 22.0 Å². The Kier molecular flexibility index (Phi) is 2.80. The molecular formula is C14H11N5O. The highest BCUT2D eigenvalue weighted by Gasteiger charge is 2.09. The number of benzene rings is 1. The fraction of sp³-hybridized carbons (Fsp3) is 0.143. The summed E-state index contributed by atoms with van der Waals surface area (Å²) in [6, 6.07) is 9.34. The van der Waals surface area contributed by atoms with Crippen LogP contribution in [0.25, 0.3) is 11.1 Å². The molecule has 2 heterocycles. The molecule has 1 aromatic carbocycles. The lowest BCUT2D eigenvalue weighted by molar-refractivity contribution is 0.561. The van der Waals surface area contributed by atoms with Gasteiger partial charge in [-0.1, -0.05) is 0 Å². The number of oxazole rings is 1. The van der Waals surface area contributed by atoms with E-state index in [1.807, 2.05) is 43.1 Å². The summed E-state index contributed by atoms with van der Waals surface area (Å²) in [6.45, 7) is 1.81. The summed E-state index contributed by atoms with van der Waals surface area (Å²) in [6.07, 6.45) is 1.38. The van der Waals surface area contributed by atoms with E-state index in [-0.39, 0.29) is 0 Å². The first-order valence-corrected chi connectivity index (χ1v) is 6.00. The van der Waals surface area contributed by atoms with E-state index < -0.39 is 0 Å². The molecule has 0 saturated heterocycles. The zero-order valence-corrected chi connectivity index (χ0v) is 11.0. The average Bonchev–Trinajstić information content (AvgIpc) is 2.85. The van der Waals surface area contributed by atoms with Crippen LogP contribution in [0.2, 0.25) is 0 Å². The third-order valence-corrected chi connectivity index (χ3v) is 2.98. The van der Waals surface area contributed by atoms with Crippen molar-refractivity contribution < 1.29 is 4.42 Å². The van der Waals surface area contributed by atoms with Crippen molar-refractivity contribution in [3.8, 4) is 6.07 Å². The molecule has 0 aliphatic heterocycles. The number of rotatable bonds is 2. The summed E-state index contributed by atoms with van der Waals surface area (Å²) < 4.78 is 5.45. The van der Waals surface area contributed by atoms with Gasteiger partial charge in [-0.2, -0.15) is 5.26 Å². The van der Waals surface area contributed by atoms with E-state index in [9.17, 15) is 0 Å². The van der Waals surface area contributed by atoms with E-state index in [0.717, 1.165) is 16.8 Å². The van der Waals surface area contributed by atoms with Gasteiger partial charge in [-0.05, 0) is 18.2 Å². The Morgan fingerprint density at radius 3 is 2.90 bits per heavy atom. The molecule has 20 heavy (non-hydrogen) atoms. The molecule has 0 aliphatic carbocycles. The van der Waals surface area contributed by atoms with Crippen molar-refractivity contribution in [2.24, 2.45) is 0 Å². The van der Waals surface area contributed by atoms with Gasteiger partial charge in [0, 0.05) is 25.7 Å². The Hall–Kier alpha value is -2.94. The number of aryl methyl sites for hydroxylation is 1. The summed E-state index contributed by atoms with van der Waals surface area (Å²) in [5, 5.41) is 8.88. The van der Waals surface area contributed by atoms with E-state index in [1.54, 1.807) is 6.07 Å². The predicted molar refractivity (Wildman–Crippen MR) is 73.6 cm³/mol. The lowest BCUT2D eigenvalue weighted by Crippen LogP contribution is -2.11. The van der Waals surface area contributed by atoms with Gasteiger partial charge in [-0.25, -0.2) is 15.0 Å². The minimum absolute atomic E-state index is 0.334. The number of fused-ring (bicyclic) bond motifs is 1. The first kappa shape index (κ1) is 12.1. The average molecular weight is 265 g/mol. The summed E-state index contributed by atoms with van der Waals surface area (Å²) in [4.78, 5) is 14.2. The van der Waals surface area contributed by atoms with Gasteiger partial charge >= 0.3 is 0 Å². The highest BCUT2D eigenvalue weighted by Crippen LogP contribution is 2.26. The Morgan fingerprint density at radius 1 is 1.25 bits per heavy atom. The first-order valence-electron chi connectivity index (χ1n) is 6.00. The third kappa shape index (κ3) is 2.06. The molecule has 6 heteroatoms. The number of nitriles is 1. The summed E-state index contributed by atoms with van der Waals surface area (Å²) in [5.41, 5.74) is 2.79. The molecule has 6 nitrogen and oxygen atoms in total. The van der Waals surface area contributed by atoms with Gasteiger partial charge < -0.3 is 9.32 Å². The molecule has 0 fully saturated rings. The maximum atomic E-state index is 8.88. The van der Waals surface area contributed by atoms with Gasteiger partial charge in [0.25, 0.3) is 0 Å². The van der Waals surface area contributed by atoms with E-state index in [0.29, 0.717) is 17.4 Å². The zero-order valence-electron chi connectivity index (χ0n) is 11.0. The lowest BCUT2D eigenvalue weighted by atomic mass is 10.2. The second kappa shape index (κ2) is 4.63. The van der Waals surface area contributed by atoms with Crippen LogP contribution in [-0.2, 0) is 0 Å². The second-order valence-corrected chi connectivity index (χ2v) is 4.32. The fourth-order valence-corrected chi connectivity index (χ4v) is 1.96. The maximum Gasteiger partial charge on any atom is 0.192 e. The molecule has 0 unspecified atom stereocenters. The van der Waals surface area contributed by atoms with Gasteiger partial charge in [-0.3, -0.25) is 0 Å². The standard InChI is InChI=1S/C14H11N5O/c1-9-18-12-6-11(3-4-13(12)20-9)19(2)14-5-10(7-15)16-8-17-14/h3-6,8H,1-2H3. The highest BCUT2D eigenvalue weighted by molar-refractivity contribution is 5.79. The molecule has 0 radical (unpaired) electrons. The van der Waals surface area contributed by atoms with Crippen LogP contribution in [0.5, 0.6) is 0 Å². The summed E-state index contributed by atoms with van der Waals surface area (Å²) in [5.74, 6) is 1.28. The van der Waals surface area contributed by atoms with E-state index in [4.69, 9.17) is 9.68 Å². The summed E-state index contributed by atoms with van der Waals surface area (Å²) in [7, 11) is 1.87. The molecule has 0 atom stereocenters. The van der Waals surface area contributed by atoms with Crippen LogP contribution in [0.15, 0.2) is 35.0 Å². The van der Waals surface area contributed by atoms with Crippen LogP contribution in [0.3, 0.4) is 0 Å². The van der Waals surface area contributed by atoms with Gasteiger partial charge in [0.1, 0.15) is 29.4 Å². The fourth-order valence-electron chi connectivity index (χ4n) is 1.96. The number of hydrogen-bond acceptors (Lipinski definition) is 6. The van der Waals surface area contributed by atoms with Crippen molar-refractivity contribution in [1.29, 1.82) is 5.26 Å². The highest BCUT2D eigenvalue weighted by atomic mass is 16.3. The molecule has 3 rings (SSSR count). The van der Waals surface area contributed by atoms with Crippen molar-refractivity contribution in [3.05, 3.63) is 42.2 Å². The van der Waals surface area contributed by atoms with Gasteiger partial charge in [0.15, 0.2) is 11.5 Å². The van der Waals surface area contributed by atoms with Crippen molar-refractivity contribution in [3.63, 3.8) is 0 Å². The molecule has 0 aliphatic rings. The van der Waals surface area contributed by atoms with E-state index >= 15 is 0 Å². The van der Waals surface area contributed by atoms with Crippen LogP contribution in [0, 0.1) is 18.3 Å². The van der Waals surface area contributed by atoms with Crippen molar-refractivity contribution in [2.75, 3.05) is 11.9 Å². The molecule has 0 amide bonds. The van der Waals surface area contributed by atoms with Crippen LogP contribution < -0.4 is 4.90 Å². The van der Waals surface area contributed by atoms with Gasteiger partial charge in [-0.15, -0.1) is 0 Å². The molecule has 0 bridgehead atoms. The Labute approximate surface area is 115 Å².